The maximum absolute atomic E-state index is 12.8. The fourth-order valence-electron chi connectivity index (χ4n) is 3.38. The van der Waals surface area contributed by atoms with Gasteiger partial charge in [-0.15, -0.1) is 0 Å². The number of methoxy groups -OCH3 is 1. The zero-order valence-corrected chi connectivity index (χ0v) is 15.8. The standard InChI is InChI=1S/C20H22N4O4/c1-23-17(13-5-7-15(27-2)8-6-13)11-24-10-16(22-18(24)20(23)26)19(25)21-14-4-3-9-28-12-14/h5-8,10-11,14H,3-4,9,12H2,1-2H3,(H,21,25). The first-order valence-electron chi connectivity index (χ1n) is 9.18. The Morgan fingerprint density at radius 1 is 1.29 bits per heavy atom. The monoisotopic (exact) mass is 382 g/mol. The summed E-state index contributed by atoms with van der Waals surface area (Å²) in [6.07, 6.45) is 5.18. The molecule has 8 nitrogen and oxygen atoms in total. The number of ether oxygens (including phenoxy) is 2. The van der Waals surface area contributed by atoms with Crippen molar-refractivity contribution in [3.8, 4) is 17.0 Å². The van der Waals surface area contributed by atoms with E-state index in [1.54, 1.807) is 31.0 Å². The van der Waals surface area contributed by atoms with Gasteiger partial charge in [0.25, 0.3) is 11.5 Å². The Hall–Kier alpha value is -3.13. The van der Waals surface area contributed by atoms with Gasteiger partial charge >= 0.3 is 0 Å². The molecule has 1 aliphatic rings. The summed E-state index contributed by atoms with van der Waals surface area (Å²) < 4.78 is 13.7. The highest BCUT2D eigenvalue weighted by Gasteiger charge is 2.20. The van der Waals surface area contributed by atoms with Crippen LogP contribution in [0.4, 0.5) is 0 Å². The molecule has 1 aromatic carbocycles. The van der Waals surface area contributed by atoms with E-state index in [-0.39, 0.29) is 28.8 Å². The first kappa shape index (κ1) is 18.2. The molecule has 0 radical (unpaired) electrons. The Morgan fingerprint density at radius 3 is 2.75 bits per heavy atom. The van der Waals surface area contributed by atoms with Crippen LogP contribution in [0.2, 0.25) is 0 Å². The second-order valence-corrected chi connectivity index (χ2v) is 6.85. The van der Waals surface area contributed by atoms with Crippen LogP contribution in [-0.2, 0) is 11.8 Å². The lowest BCUT2D eigenvalue weighted by Gasteiger charge is -2.22. The highest BCUT2D eigenvalue weighted by molar-refractivity contribution is 5.93. The number of fused-ring (bicyclic) bond motifs is 1. The van der Waals surface area contributed by atoms with Crippen molar-refractivity contribution in [2.24, 2.45) is 7.05 Å². The van der Waals surface area contributed by atoms with Crippen LogP contribution in [0.15, 0.2) is 41.5 Å². The van der Waals surface area contributed by atoms with Crippen LogP contribution in [0.1, 0.15) is 23.3 Å². The molecule has 8 heteroatoms. The molecule has 1 atom stereocenters. The summed E-state index contributed by atoms with van der Waals surface area (Å²) in [5, 5.41) is 2.93. The van der Waals surface area contributed by atoms with Gasteiger partial charge in [0, 0.05) is 31.6 Å². The lowest BCUT2D eigenvalue weighted by atomic mass is 10.1. The smallest absolute Gasteiger partial charge is 0.294 e. The average Bonchev–Trinajstić information content (AvgIpc) is 3.16. The molecular weight excluding hydrogens is 360 g/mol. The highest BCUT2D eigenvalue weighted by Crippen LogP contribution is 2.21. The first-order valence-corrected chi connectivity index (χ1v) is 9.18. The third-order valence-electron chi connectivity index (χ3n) is 4.96. The largest absolute Gasteiger partial charge is 0.497 e. The number of aromatic nitrogens is 3. The van der Waals surface area contributed by atoms with Crippen molar-refractivity contribution in [2.45, 2.75) is 18.9 Å². The minimum Gasteiger partial charge on any atom is -0.497 e. The zero-order chi connectivity index (χ0) is 19.7. The topological polar surface area (TPSA) is 86.9 Å². The Labute approximate surface area is 161 Å². The van der Waals surface area contributed by atoms with Crippen LogP contribution in [0, 0.1) is 0 Å². The number of hydrogen-bond donors (Lipinski definition) is 1. The van der Waals surface area contributed by atoms with Gasteiger partial charge in [-0.25, -0.2) is 4.98 Å². The van der Waals surface area contributed by atoms with Crippen LogP contribution >= 0.6 is 0 Å². The van der Waals surface area contributed by atoms with Gasteiger partial charge in [-0.2, -0.15) is 0 Å². The van der Waals surface area contributed by atoms with Crippen molar-refractivity contribution in [1.82, 2.24) is 19.3 Å². The van der Waals surface area contributed by atoms with E-state index in [0.717, 1.165) is 30.8 Å². The summed E-state index contributed by atoms with van der Waals surface area (Å²) in [4.78, 5) is 29.6. The van der Waals surface area contributed by atoms with Crippen molar-refractivity contribution in [3.05, 3.63) is 52.7 Å². The first-order chi connectivity index (χ1) is 13.6. The maximum Gasteiger partial charge on any atom is 0.294 e. The lowest BCUT2D eigenvalue weighted by molar-refractivity contribution is 0.0622. The molecule has 0 bridgehead atoms. The summed E-state index contributed by atoms with van der Waals surface area (Å²) in [6.45, 7) is 1.23. The minimum absolute atomic E-state index is 0.0243. The molecule has 1 aliphatic heterocycles. The molecule has 0 aliphatic carbocycles. The van der Waals surface area contributed by atoms with E-state index in [2.05, 4.69) is 10.3 Å². The van der Waals surface area contributed by atoms with E-state index in [9.17, 15) is 9.59 Å². The number of amides is 1. The molecule has 3 heterocycles. The molecule has 2 aromatic heterocycles. The maximum atomic E-state index is 12.8. The van der Waals surface area contributed by atoms with E-state index in [1.807, 2.05) is 24.3 Å². The summed E-state index contributed by atoms with van der Waals surface area (Å²) in [7, 11) is 3.30. The van der Waals surface area contributed by atoms with Gasteiger partial charge < -0.3 is 19.4 Å². The molecule has 1 amide bonds. The highest BCUT2D eigenvalue weighted by atomic mass is 16.5. The normalized spacial score (nSPS) is 16.9. The van der Waals surface area contributed by atoms with E-state index in [0.29, 0.717) is 12.3 Å². The molecule has 1 unspecified atom stereocenters. The molecule has 1 fully saturated rings. The predicted octanol–water partition coefficient (Wildman–Crippen LogP) is 1.62. The van der Waals surface area contributed by atoms with E-state index in [1.165, 1.54) is 4.57 Å². The SMILES string of the molecule is COc1ccc(-c2cn3cc(C(=O)NC4CCCOC4)nc3c(=O)n2C)cc1. The van der Waals surface area contributed by atoms with Crippen LogP contribution < -0.4 is 15.6 Å². The Balaban J connectivity index is 1.68. The predicted molar refractivity (Wildman–Crippen MR) is 104 cm³/mol. The van der Waals surface area contributed by atoms with Gasteiger partial charge in [0.05, 0.1) is 25.5 Å². The van der Waals surface area contributed by atoms with Gasteiger partial charge in [-0.3, -0.25) is 14.0 Å². The molecule has 4 rings (SSSR count). The van der Waals surface area contributed by atoms with E-state index < -0.39 is 0 Å². The van der Waals surface area contributed by atoms with Gasteiger partial charge in [-0.1, -0.05) is 0 Å². The van der Waals surface area contributed by atoms with Gasteiger partial charge in [0.1, 0.15) is 11.4 Å². The number of rotatable bonds is 4. The van der Waals surface area contributed by atoms with Crippen molar-refractivity contribution in [3.63, 3.8) is 0 Å². The van der Waals surface area contributed by atoms with Gasteiger partial charge in [0.2, 0.25) is 5.65 Å². The summed E-state index contributed by atoms with van der Waals surface area (Å²) in [5.41, 5.74) is 1.74. The number of hydrogen-bond acceptors (Lipinski definition) is 5. The summed E-state index contributed by atoms with van der Waals surface area (Å²) in [5.74, 6) is 0.440. The van der Waals surface area contributed by atoms with Gasteiger partial charge in [-0.05, 0) is 37.1 Å². The van der Waals surface area contributed by atoms with Crippen molar-refractivity contribution >= 4 is 11.6 Å². The molecule has 146 valence electrons. The second kappa shape index (κ2) is 7.47. The number of nitrogens with zero attached hydrogens (tertiary/aromatic N) is 3. The van der Waals surface area contributed by atoms with Crippen LogP contribution in [0.25, 0.3) is 16.9 Å². The fourth-order valence-corrected chi connectivity index (χ4v) is 3.38. The third-order valence-corrected chi connectivity index (χ3v) is 4.96. The Kier molecular flexibility index (Phi) is 4.87. The number of benzene rings is 1. The summed E-state index contributed by atoms with van der Waals surface area (Å²) >= 11 is 0. The lowest BCUT2D eigenvalue weighted by Crippen LogP contribution is -2.40. The molecule has 0 spiro atoms. The van der Waals surface area contributed by atoms with Crippen molar-refractivity contribution < 1.29 is 14.3 Å². The van der Waals surface area contributed by atoms with Crippen LogP contribution in [-0.4, -0.2) is 46.2 Å². The number of carbonyl (C=O) groups excluding carboxylic acids is 1. The number of imidazole rings is 1. The van der Waals surface area contributed by atoms with E-state index >= 15 is 0 Å². The Bertz CT molecular complexity index is 1060. The molecule has 1 N–H and O–H groups in total. The van der Waals surface area contributed by atoms with Crippen molar-refractivity contribution in [1.29, 1.82) is 0 Å². The zero-order valence-electron chi connectivity index (χ0n) is 15.8. The molecular formula is C20H22N4O4. The molecule has 28 heavy (non-hydrogen) atoms. The third kappa shape index (κ3) is 3.38. The summed E-state index contributed by atoms with van der Waals surface area (Å²) in [6, 6.07) is 7.41. The molecule has 3 aromatic rings. The second-order valence-electron chi connectivity index (χ2n) is 6.85. The molecule has 1 saturated heterocycles. The quantitative estimate of drug-likeness (QED) is 0.741. The number of nitrogens with one attached hydrogen (secondary N) is 1. The van der Waals surface area contributed by atoms with E-state index in [4.69, 9.17) is 9.47 Å². The van der Waals surface area contributed by atoms with Crippen molar-refractivity contribution in [2.75, 3.05) is 20.3 Å². The minimum atomic E-state index is -0.299. The average molecular weight is 382 g/mol. The van der Waals surface area contributed by atoms with Crippen LogP contribution in [0.5, 0.6) is 5.75 Å². The van der Waals surface area contributed by atoms with Gasteiger partial charge in [0.15, 0.2) is 0 Å². The fraction of sp³-hybridized carbons (Fsp3) is 0.350. The number of carbonyl (C=O) groups is 1. The molecule has 0 saturated carbocycles. The Morgan fingerprint density at radius 2 is 2.07 bits per heavy atom. The van der Waals surface area contributed by atoms with Crippen LogP contribution in [0.3, 0.4) is 0 Å².